The highest BCUT2D eigenvalue weighted by atomic mass is 35.5. The van der Waals surface area contributed by atoms with Crippen molar-refractivity contribution in [2.45, 2.75) is 6.04 Å². The van der Waals surface area contributed by atoms with Crippen molar-refractivity contribution in [2.24, 2.45) is 0 Å². The number of benzene rings is 1. The minimum absolute atomic E-state index is 0.188. The van der Waals surface area contributed by atoms with Crippen LogP contribution in [0.2, 0.25) is 5.02 Å². The molecule has 7 heteroatoms. The molecule has 0 spiro atoms. The van der Waals surface area contributed by atoms with Gasteiger partial charge in [-0.3, -0.25) is 4.79 Å². The van der Waals surface area contributed by atoms with Gasteiger partial charge < -0.3 is 15.2 Å². The minimum atomic E-state index is -1.13. The van der Waals surface area contributed by atoms with Gasteiger partial charge in [0.05, 0.1) is 12.7 Å². The Morgan fingerprint density at radius 2 is 2.14 bits per heavy atom. The molecular weight excluding hydrogens is 314 g/mol. The maximum atomic E-state index is 12.3. The molecule has 1 unspecified atom stereocenters. The Bertz CT molecular complexity index is 657. The zero-order valence-corrected chi connectivity index (χ0v) is 12.6. The fourth-order valence-corrected chi connectivity index (χ4v) is 2.72. The highest BCUT2D eigenvalue weighted by molar-refractivity contribution is 7.10. The number of hydrogen-bond acceptors (Lipinski definition) is 4. The van der Waals surface area contributed by atoms with Crippen LogP contribution >= 0.6 is 22.9 Å². The first-order valence-electron chi connectivity index (χ1n) is 5.93. The molecule has 1 atom stereocenters. The molecule has 2 aromatic rings. The van der Waals surface area contributed by atoms with Crippen LogP contribution in [0.15, 0.2) is 35.7 Å². The van der Waals surface area contributed by atoms with Gasteiger partial charge in [0.25, 0.3) is 5.91 Å². The number of aliphatic carboxylic acids is 1. The number of carboxylic acid groups (broad SMARTS) is 1. The maximum Gasteiger partial charge on any atom is 0.331 e. The van der Waals surface area contributed by atoms with Crippen LogP contribution in [-0.2, 0) is 4.79 Å². The van der Waals surface area contributed by atoms with Gasteiger partial charge in [0.15, 0.2) is 6.04 Å². The van der Waals surface area contributed by atoms with E-state index in [-0.39, 0.29) is 5.56 Å². The van der Waals surface area contributed by atoms with Crippen molar-refractivity contribution in [3.05, 3.63) is 51.2 Å². The van der Waals surface area contributed by atoms with E-state index in [1.54, 1.807) is 29.6 Å². The zero-order valence-electron chi connectivity index (χ0n) is 11.0. The van der Waals surface area contributed by atoms with E-state index in [0.717, 1.165) is 0 Å². The Labute approximate surface area is 130 Å². The van der Waals surface area contributed by atoms with Crippen LogP contribution in [0, 0.1) is 0 Å². The summed E-state index contributed by atoms with van der Waals surface area (Å²) in [6.07, 6.45) is 0. The lowest BCUT2D eigenvalue weighted by Crippen LogP contribution is -2.33. The highest BCUT2D eigenvalue weighted by Crippen LogP contribution is 2.25. The van der Waals surface area contributed by atoms with Gasteiger partial charge in [-0.2, -0.15) is 0 Å². The Hall–Kier alpha value is -2.05. The third-order valence-corrected chi connectivity index (χ3v) is 3.93. The zero-order chi connectivity index (χ0) is 15.4. The number of rotatable bonds is 5. The van der Waals surface area contributed by atoms with Crippen LogP contribution in [0.5, 0.6) is 5.75 Å². The summed E-state index contributed by atoms with van der Waals surface area (Å²) in [4.78, 5) is 24.1. The van der Waals surface area contributed by atoms with E-state index in [1.165, 1.54) is 24.5 Å². The van der Waals surface area contributed by atoms with Gasteiger partial charge in [0, 0.05) is 9.90 Å². The molecule has 1 amide bonds. The monoisotopic (exact) mass is 325 g/mol. The summed E-state index contributed by atoms with van der Waals surface area (Å²) in [5.74, 6) is -1.37. The molecule has 1 heterocycles. The standard InChI is InChI=1S/C14H12ClNO4S/c1-20-10-5-4-8(15)7-9(10)13(17)16-12(14(18)19)11-3-2-6-21-11/h2-7,12H,1H3,(H,16,17)(H,18,19). The SMILES string of the molecule is COc1ccc(Cl)cc1C(=O)NC(C(=O)O)c1cccs1. The van der Waals surface area contributed by atoms with Gasteiger partial charge in [0.2, 0.25) is 0 Å². The van der Waals surface area contributed by atoms with E-state index in [2.05, 4.69) is 5.32 Å². The second-order valence-electron chi connectivity index (χ2n) is 4.10. The number of methoxy groups -OCH3 is 1. The molecule has 0 radical (unpaired) electrons. The van der Waals surface area contributed by atoms with Crippen LogP contribution in [0.4, 0.5) is 0 Å². The lowest BCUT2D eigenvalue weighted by atomic mass is 10.1. The third-order valence-electron chi connectivity index (χ3n) is 2.76. The van der Waals surface area contributed by atoms with E-state index in [1.807, 2.05) is 0 Å². The van der Waals surface area contributed by atoms with Crippen molar-refractivity contribution in [2.75, 3.05) is 7.11 Å². The molecule has 2 rings (SSSR count). The first kappa shape index (κ1) is 15.3. The van der Waals surface area contributed by atoms with Crippen LogP contribution in [0.1, 0.15) is 21.3 Å². The summed E-state index contributed by atoms with van der Waals surface area (Å²) in [6.45, 7) is 0. The van der Waals surface area contributed by atoms with Gasteiger partial charge in [-0.1, -0.05) is 17.7 Å². The molecule has 0 aliphatic heterocycles. The molecule has 0 bridgehead atoms. The van der Waals surface area contributed by atoms with Crippen molar-refractivity contribution >= 4 is 34.8 Å². The normalized spacial score (nSPS) is 11.7. The Balaban J connectivity index is 2.28. The Morgan fingerprint density at radius 3 is 2.71 bits per heavy atom. The number of carbonyl (C=O) groups is 2. The number of halogens is 1. The van der Waals surface area contributed by atoms with E-state index in [0.29, 0.717) is 15.6 Å². The largest absolute Gasteiger partial charge is 0.496 e. The van der Waals surface area contributed by atoms with Gasteiger partial charge in [-0.05, 0) is 29.6 Å². The molecule has 5 nitrogen and oxygen atoms in total. The number of amides is 1. The molecule has 110 valence electrons. The van der Waals surface area contributed by atoms with E-state index < -0.39 is 17.9 Å². The summed E-state index contributed by atoms with van der Waals surface area (Å²) in [5, 5.41) is 13.8. The number of thiophene rings is 1. The van der Waals surface area contributed by atoms with Gasteiger partial charge in [0.1, 0.15) is 5.75 Å². The van der Waals surface area contributed by atoms with Crippen molar-refractivity contribution < 1.29 is 19.4 Å². The second-order valence-corrected chi connectivity index (χ2v) is 5.52. The van der Waals surface area contributed by atoms with Gasteiger partial charge >= 0.3 is 5.97 Å². The fourth-order valence-electron chi connectivity index (χ4n) is 1.78. The summed E-state index contributed by atoms with van der Waals surface area (Å²) in [6, 6.07) is 6.84. The van der Waals surface area contributed by atoms with E-state index >= 15 is 0 Å². The minimum Gasteiger partial charge on any atom is -0.496 e. The molecule has 0 aliphatic carbocycles. The summed E-state index contributed by atoms with van der Waals surface area (Å²) >= 11 is 7.12. The lowest BCUT2D eigenvalue weighted by Gasteiger charge is -2.14. The van der Waals surface area contributed by atoms with Crippen LogP contribution in [-0.4, -0.2) is 24.1 Å². The first-order chi connectivity index (χ1) is 10.0. The molecule has 1 aromatic carbocycles. The number of carboxylic acids is 1. The summed E-state index contributed by atoms with van der Waals surface area (Å²) in [5.41, 5.74) is 0.188. The van der Waals surface area contributed by atoms with E-state index in [4.69, 9.17) is 16.3 Å². The van der Waals surface area contributed by atoms with Crippen LogP contribution in [0.25, 0.3) is 0 Å². The maximum absolute atomic E-state index is 12.3. The summed E-state index contributed by atoms with van der Waals surface area (Å²) in [7, 11) is 1.42. The Morgan fingerprint density at radius 1 is 1.38 bits per heavy atom. The topological polar surface area (TPSA) is 75.6 Å². The lowest BCUT2D eigenvalue weighted by molar-refractivity contribution is -0.139. The highest BCUT2D eigenvalue weighted by Gasteiger charge is 2.25. The number of ether oxygens (including phenoxy) is 1. The molecule has 0 saturated carbocycles. The van der Waals surface area contributed by atoms with Gasteiger partial charge in [-0.15, -0.1) is 11.3 Å². The quantitative estimate of drug-likeness (QED) is 0.886. The molecular formula is C14H12ClNO4S. The number of nitrogens with one attached hydrogen (secondary N) is 1. The average molecular weight is 326 g/mol. The van der Waals surface area contributed by atoms with Crippen LogP contribution < -0.4 is 10.1 Å². The number of carbonyl (C=O) groups excluding carboxylic acids is 1. The smallest absolute Gasteiger partial charge is 0.331 e. The summed E-state index contributed by atoms with van der Waals surface area (Å²) < 4.78 is 5.09. The molecule has 1 aromatic heterocycles. The number of hydrogen-bond donors (Lipinski definition) is 2. The molecule has 0 saturated heterocycles. The van der Waals surface area contributed by atoms with Gasteiger partial charge in [-0.25, -0.2) is 4.79 Å². The average Bonchev–Trinajstić information content (AvgIpc) is 2.97. The van der Waals surface area contributed by atoms with E-state index in [9.17, 15) is 14.7 Å². The first-order valence-corrected chi connectivity index (χ1v) is 7.19. The third kappa shape index (κ3) is 3.53. The van der Waals surface area contributed by atoms with Crippen molar-refractivity contribution in [3.63, 3.8) is 0 Å². The molecule has 0 fully saturated rings. The molecule has 21 heavy (non-hydrogen) atoms. The second kappa shape index (κ2) is 6.60. The predicted octanol–water partition coefficient (Wildman–Crippen LogP) is 2.97. The van der Waals surface area contributed by atoms with Crippen molar-refractivity contribution in [1.82, 2.24) is 5.32 Å². The van der Waals surface area contributed by atoms with Crippen molar-refractivity contribution in [1.29, 1.82) is 0 Å². The molecule has 2 N–H and O–H groups in total. The van der Waals surface area contributed by atoms with Crippen molar-refractivity contribution in [3.8, 4) is 5.75 Å². The predicted molar refractivity (Wildman–Crippen MR) is 80.2 cm³/mol. The van der Waals surface area contributed by atoms with Crippen LogP contribution in [0.3, 0.4) is 0 Å². The fraction of sp³-hybridized carbons (Fsp3) is 0.143. The Kier molecular flexibility index (Phi) is 4.82. The molecule has 0 aliphatic rings.